The summed E-state index contributed by atoms with van der Waals surface area (Å²) in [6.07, 6.45) is 0. The van der Waals surface area contributed by atoms with Crippen molar-refractivity contribution in [3.8, 4) is 29.1 Å². The number of ether oxygens (including phenoxy) is 1. The zero-order chi connectivity index (χ0) is 14.7. The SMILES string of the molecule is COc1nc(N)c(C#N)c(-c2ccc(C)cc2)c1C#N. The number of nitriles is 2. The molecule has 1 aromatic heterocycles. The van der Waals surface area contributed by atoms with Crippen molar-refractivity contribution >= 4 is 5.82 Å². The van der Waals surface area contributed by atoms with E-state index in [2.05, 4.69) is 4.98 Å². The minimum atomic E-state index is 0.0546. The number of methoxy groups -OCH3 is 1. The summed E-state index contributed by atoms with van der Waals surface area (Å²) < 4.78 is 5.08. The Balaban J connectivity index is 2.85. The maximum absolute atomic E-state index is 9.34. The molecule has 0 bridgehead atoms. The van der Waals surface area contributed by atoms with Gasteiger partial charge in [-0.3, -0.25) is 0 Å². The zero-order valence-corrected chi connectivity index (χ0v) is 11.1. The fourth-order valence-corrected chi connectivity index (χ4v) is 1.95. The molecule has 0 aliphatic carbocycles. The van der Waals surface area contributed by atoms with Crippen LogP contribution in [0.5, 0.6) is 5.88 Å². The second-order valence-electron chi connectivity index (χ2n) is 4.22. The number of hydrogen-bond donors (Lipinski definition) is 1. The van der Waals surface area contributed by atoms with Gasteiger partial charge in [0.2, 0.25) is 5.88 Å². The topological polar surface area (TPSA) is 95.7 Å². The third-order valence-electron chi connectivity index (χ3n) is 2.95. The first-order valence-electron chi connectivity index (χ1n) is 5.87. The molecule has 0 atom stereocenters. The predicted octanol–water partition coefficient (Wildman–Crippen LogP) is 2.39. The van der Waals surface area contributed by atoms with Crippen molar-refractivity contribution < 1.29 is 4.74 Å². The average molecular weight is 264 g/mol. The third kappa shape index (κ3) is 2.13. The highest BCUT2D eigenvalue weighted by atomic mass is 16.5. The summed E-state index contributed by atoms with van der Waals surface area (Å²) >= 11 is 0. The standard InChI is InChI=1S/C15H12N4O/c1-9-3-5-10(6-4-9)13-11(7-16)14(18)19-15(20-2)12(13)8-17/h3-6H,1-2H3,(H2,18,19). The minimum absolute atomic E-state index is 0.0546. The van der Waals surface area contributed by atoms with Crippen LogP contribution in [0, 0.1) is 29.6 Å². The van der Waals surface area contributed by atoms with Crippen LogP contribution in [-0.2, 0) is 0 Å². The Hall–Kier alpha value is -3.05. The Morgan fingerprint density at radius 1 is 1.10 bits per heavy atom. The summed E-state index contributed by atoms with van der Waals surface area (Å²) in [5.41, 5.74) is 8.45. The lowest BCUT2D eigenvalue weighted by molar-refractivity contribution is 0.397. The van der Waals surface area contributed by atoms with E-state index in [-0.39, 0.29) is 22.8 Å². The van der Waals surface area contributed by atoms with E-state index < -0.39 is 0 Å². The third-order valence-corrected chi connectivity index (χ3v) is 2.95. The number of aryl methyl sites for hydroxylation is 1. The monoisotopic (exact) mass is 264 g/mol. The van der Waals surface area contributed by atoms with Crippen LogP contribution < -0.4 is 10.5 Å². The first kappa shape index (κ1) is 13.4. The second kappa shape index (κ2) is 5.29. The molecule has 0 radical (unpaired) electrons. The first-order valence-corrected chi connectivity index (χ1v) is 5.87. The molecular weight excluding hydrogens is 252 g/mol. The van der Waals surface area contributed by atoms with Gasteiger partial charge in [0, 0.05) is 5.56 Å². The molecule has 0 aliphatic heterocycles. The normalized spacial score (nSPS) is 9.60. The summed E-state index contributed by atoms with van der Waals surface area (Å²) in [6, 6.07) is 11.5. The van der Waals surface area contributed by atoms with E-state index in [4.69, 9.17) is 10.5 Å². The Morgan fingerprint density at radius 3 is 2.20 bits per heavy atom. The molecule has 2 rings (SSSR count). The molecule has 0 unspecified atom stereocenters. The second-order valence-corrected chi connectivity index (χ2v) is 4.22. The van der Waals surface area contributed by atoms with Crippen LogP contribution in [0.25, 0.3) is 11.1 Å². The Labute approximate surface area is 116 Å². The van der Waals surface area contributed by atoms with E-state index in [1.807, 2.05) is 43.3 Å². The Morgan fingerprint density at radius 2 is 1.70 bits per heavy atom. The molecule has 2 aromatic rings. The van der Waals surface area contributed by atoms with Crippen LogP contribution in [-0.4, -0.2) is 12.1 Å². The van der Waals surface area contributed by atoms with Gasteiger partial charge in [-0.15, -0.1) is 0 Å². The number of rotatable bonds is 2. The van der Waals surface area contributed by atoms with E-state index in [0.29, 0.717) is 5.56 Å². The molecule has 0 spiro atoms. The molecule has 0 fully saturated rings. The van der Waals surface area contributed by atoms with Gasteiger partial charge in [0.05, 0.1) is 7.11 Å². The Kier molecular flexibility index (Phi) is 3.54. The summed E-state index contributed by atoms with van der Waals surface area (Å²) in [4.78, 5) is 3.95. The van der Waals surface area contributed by atoms with Gasteiger partial charge in [0.25, 0.3) is 0 Å². The van der Waals surface area contributed by atoms with Gasteiger partial charge in [0.15, 0.2) is 0 Å². The first-order chi connectivity index (χ1) is 9.62. The summed E-state index contributed by atoms with van der Waals surface area (Å²) in [7, 11) is 1.41. The molecule has 5 heteroatoms. The number of nitrogens with zero attached hydrogens (tertiary/aromatic N) is 3. The van der Waals surface area contributed by atoms with Crippen molar-refractivity contribution in [3.63, 3.8) is 0 Å². The maximum Gasteiger partial charge on any atom is 0.234 e. The number of nitrogen functional groups attached to an aromatic ring is 1. The molecule has 1 heterocycles. The van der Waals surface area contributed by atoms with Gasteiger partial charge < -0.3 is 10.5 Å². The van der Waals surface area contributed by atoms with Crippen LogP contribution in [0.3, 0.4) is 0 Å². The minimum Gasteiger partial charge on any atom is -0.480 e. The van der Waals surface area contributed by atoms with Crippen molar-refractivity contribution in [1.29, 1.82) is 10.5 Å². The van der Waals surface area contributed by atoms with Gasteiger partial charge in [-0.1, -0.05) is 29.8 Å². The van der Waals surface area contributed by atoms with Crippen LogP contribution in [0.4, 0.5) is 5.82 Å². The molecule has 0 aliphatic rings. The van der Waals surface area contributed by atoms with E-state index >= 15 is 0 Å². The van der Waals surface area contributed by atoms with Crippen molar-refractivity contribution in [2.24, 2.45) is 0 Å². The number of nitrogens with two attached hydrogens (primary N) is 1. The molecule has 98 valence electrons. The summed E-state index contributed by atoms with van der Waals surface area (Å²) in [5.74, 6) is 0.179. The molecule has 0 amide bonds. The van der Waals surface area contributed by atoms with Gasteiger partial charge in [0.1, 0.15) is 29.1 Å². The highest BCUT2D eigenvalue weighted by molar-refractivity contribution is 5.82. The van der Waals surface area contributed by atoms with Gasteiger partial charge in [-0.2, -0.15) is 15.5 Å². The average Bonchev–Trinajstić information content (AvgIpc) is 2.46. The lowest BCUT2D eigenvalue weighted by Gasteiger charge is -2.12. The van der Waals surface area contributed by atoms with Crippen molar-refractivity contribution in [2.45, 2.75) is 6.92 Å². The Bertz CT molecular complexity index is 736. The predicted molar refractivity (Wildman–Crippen MR) is 74.8 cm³/mol. The molecular formula is C15H12N4O. The van der Waals surface area contributed by atoms with Crippen molar-refractivity contribution in [2.75, 3.05) is 12.8 Å². The van der Waals surface area contributed by atoms with E-state index in [0.717, 1.165) is 11.1 Å². The summed E-state index contributed by atoms with van der Waals surface area (Å²) in [6.45, 7) is 1.96. The molecule has 1 aromatic carbocycles. The number of hydrogen-bond acceptors (Lipinski definition) is 5. The van der Waals surface area contributed by atoms with Crippen LogP contribution >= 0.6 is 0 Å². The van der Waals surface area contributed by atoms with Gasteiger partial charge >= 0.3 is 0 Å². The lowest BCUT2D eigenvalue weighted by atomic mass is 9.96. The molecule has 0 saturated heterocycles. The largest absolute Gasteiger partial charge is 0.480 e. The van der Waals surface area contributed by atoms with E-state index in [1.54, 1.807) is 0 Å². The highest BCUT2D eigenvalue weighted by Gasteiger charge is 2.20. The zero-order valence-electron chi connectivity index (χ0n) is 11.1. The molecule has 20 heavy (non-hydrogen) atoms. The van der Waals surface area contributed by atoms with E-state index in [1.165, 1.54) is 7.11 Å². The lowest BCUT2D eigenvalue weighted by Crippen LogP contribution is -2.04. The quantitative estimate of drug-likeness (QED) is 0.898. The van der Waals surface area contributed by atoms with Crippen molar-refractivity contribution in [1.82, 2.24) is 4.98 Å². The van der Waals surface area contributed by atoms with Crippen LogP contribution in [0.2, 0.25) is 0 Å². The van der Waals surface area contributed by atoms with Crippen molar-refractivity contribution in [3.05, 3.63) is 41.0 Å². The molecule has 0 saturated carbocycles. The van der Waals surface area contributed by atoms with Gasteiger partial charge in [-0.05, 0) is 12.5 Å². The number of anilines is 1. The molecule has 2 N–H and O–H groups in total. The fraction of sp³-hybridized carbons (Fsp3) is 0.133. The number of aromatic nitrogens is 1. The fourth-order valence-electron chi connectivity index (χ4n) is 1.95. The summed E-state index contributed by atoms with van der Waals surface area (Å²) in [5, 5.41) is 18.6. The van der Waals surface area contributed by atoms with Crippen LogP contribution in [0.15, 0.2) is 24.3 Å². The van der Waals surface area contributed by atoms with E-state index in [9.17, 15) is 10.5 Å². The van der Waals surface area contributed by atoms with Crippen LogP contribution in [0.1, 0.15) is 16.7 Å². The number of pyridine rings is 1. The number of benzene rings is 1. The van der Waals surface area contributed by atoms with Gasteiger partial charge in [-0.25, -0.2) is 0 Å². The molecule has 5 nitrogen and oxygen atoms in total. The smallest absolute Gasteiger partial charge is 0.234 e. The maximum atomic E-state index is 9.34. The highest BCUT2D eigenvalue weighted by Crippen LogP contribution is 2.34.